The summed E-state index contributed by atoms with van der Waals surface area (Å²) in [4.78, 5) is 55.9. The molecule has 1 rings (SSSR count). The third-order valence-electron chi connectivity index (χ3n) is 5.23. The third-order valence-corrected chi connectivity index (χ3v) is 5.23. The smallest absolute Gasteiger partial charge is 0.326 e. The highest BCUT2D eigenvalue weighted by atomic mass is 16.4. The minimum absolute atomic E-state index is 0.00154. The number of hydrogen-bond donors (Lipinski definition) is 8. The molecule has 13 heteroatoms. The number of hydrogen-bond acceptors (Lipinski definition) is 8. The molecule has 13 nitrogen and oxygen atoms in total. The van der Waals surface area contributed by atoms with E-state index in [-0.39, 0.29) is 6.42 Å². The van der Waals surface area contributed by atoms with Crippen molar-refractivity contribution in [1.82, 2.24) is 25.9 Å². The van der Waals surface area contributed by atoms with E-state index >= 15 is 0 Å². The standard InChI is InChI=1S/C21H38N8O5/c1-13(18(30)29-17(21(33)34)10-14-11-25-12-26-14)27-20(32)16(7-3-5-9-23)28-19(31)15(24)6-2-4-8-22/h11-13,15-17H,2-10,22-24H2,1H3,(H,25,26)(H,27,32)(H,28,31)(H,29,30)(H,33,34). The SMILES string of the molecule is CC(NC(=O)C(CCCCN)NC(=O)C(N)CCCCN)C(=O)NC(Cc1cnc[nH]1)C(=O)O. The summed E-state index contributed by atoms with van der Waals surface area (Å²) in [5, 5.41) is 17.0. The van der Waals surface area contributed by atoms with Crippen molar-refractivity contribution in [3.8, 4) is 0 Å². The van der Waals surface area contributed by atoms with Crippen LogP contribution in [0.2, 0.25) is 0 Å². The van der Waals surface area contributed by atoms with Crippen molar-refractivity contribution < 1.29 is 24.3 Å². The van der Waals surface area contributed by atoms with Gasteiger partial charge in [0.15, 0.2) is 0 Å². The zero-order valence-corrected chi connectivity index (χ0v) is 19.6. The third kappa shape index (κ3) is 10.7. The van der Waals surface area contributed by atoms with E-state index in [1.165, 1.54) is 19.4 Å². The molecule has 0 radical (unpaired) electrons. The van der Waals surface area contributed by atoms with Crippen molar-refractivity contribution in [2.45, 2.75) is 76.0 Å². The van der Waals surface area contributed by atoms with Gasteiger partial charge in [0.1, 0.15) is 18.1 Å². The number of unbranched alkanes of at least 4 members (excludes halogenated alkanes) is 2. The van der Waals surface area contributed by atoms with E-state index in [2.05, 4.69) is 25.9 Å². The van der Waals surface area contributed by atoms with Gasteiger partial charge in [0.2, 0.25) is 17.7 Å². The van der Waals surface area contributed by atoms with E-state index in [4.69, 9.17) is 17.2 Å². The number of aromatic amines is 1. The predicted octanol–water partition coefficient (Wildman–Crippen LogP) is -1.90. The fraction of sp³-hybridized carbons (Fsp3) is 0.667. The number of imidazole rings is 1. The van der Waals surface area contributed by atoms with Gasteiger partial charge in [-0.15, -0.1) is 0 Å². The first kappa shape index (κ1) is 29.0. The fourth-order valence-corrected chi connectivity index (χ4v) is 3.17. The number of nitrogens with zero attached hydrogens (tertiary/aromatic N) is 1. The van der Waals surface area contributed by atoms with Crippen LogP contribution in [-0.4, -0.2) is 76.0 Å². The lowest BCUT2D eigenvalue weighted by atomic mass is 10.1. The van der Waals surface area contributed by atoms with Crippen molar-refractivity contribution in [3.63, 3.8) is 0 Å². The molecule has 0 aliphatic carbocycles. The molecule has 1 aromatic heterocycles. The Morgan fingerprint density at radius 3 is 2.12 bits per heavy atom. The van der Waals surface area contributed by atoms with Gasteiger partial charge in [-0.1, -0.05) is 6.42 Å². The minimum Gasteiger partial charge on any atom is -0.480 e. The predicted molar refractivity (Wildman–Crippen MR) is 125 cm³/mol. The quantitative estimate of drug-likeness (QED) is 0.116. The van der Waals surface area contributed by atoms with E-state index in [1.807, 2.05) is 0 Å². The molecule has 4 atom stereocenters. The summed E-state index contributed by atoms with van der Waals surface area (Å²) in [6.45, 7) is 2.37. The van der Waals surface area contributed by atoms with Crippen molar-refractivity contribution in [1.29, 1.82) is 0 Å². The van der Waals surface area contributed by atoms with Gasteiger partial charge in [-0.05, 0) is 52.1 Å². The molecular weight excluding hydrogens is 444 g/mol. The van der Waals surface area contributed by atoms with Gasteiger partial charge in [-0.25, -0.2) is 9.78 Å². The van der Waals surface area contributed by atoms with Gasteiger partial charge in [-0.3, -0.25) is 14.4 Å². The van der Waals surface area contributed by atoms with Crippen LogP contribution in [0.4, 0.5) is 0 Å². The summed E-state index contributed by atoms with van der Waals surface area (Å²) in [7, 11) is 0. The lowest BCUT2D eigenvalue weighted by Crippen LogP contribution is -2.56. The second kappa shape index (κ2) is 15.7. The summed E-state index contributed by atoms with van der Waals surface area (Å²) in [5.74, 6) is -2.93. The molecule has 0 saturated heterocycles. The monoisotopic (exact) mass is 482 g/mol. The van der Waals surface area contributed by atoms with Crippen LogP contribution in [0, 0.1) is 0 Å². The van der Waals surface area contributed by atoms with Gasteiger partial charge in [0.05, 0.1) is 12.4 Å². The zero-order chi connectivity index (χ0) is 25.5. The molecule has 1 heterocycles. The van der Waals surface area contributed by atoms with Gasteiger partial charge in [0.25, 0.3) is 0 Å². The Morgan fingerprint density at radius 2 is 1.56 bits per heavy atom. The molecule has 0 fully saturated rings. The summed E-state index contributed by atoms with van der Waals surface area (Å²) >= 11 is 0. The van der Waals surface area contributed by atoms with E-state index < -0.39 is 47.9 Å². The first-order valence-electron chi connectivity index (χ1n) is 11.5. The highest BCUT2D eigenvalue weighted by molar-refractivity contribution is 5.93. The van der Waals surface area contributed by atoms with Crippen LogP contribution in [0.1, 0.15) is 51.1 Å². The molecular formula is C21H38N8O5. The number of carbonyl (C=O) groups is 4. The molecule has 0 aliphatic heterocycles. The molecule has 4 unspecified atom stereocenters. The average molecular weight is 483 g/mol. The molecule has 11 N–H and O–H groups in total. The number of amides is 3. The van der Waals surface area contributed by atoms with Crippen LogP contribution >= 0.6 is 0 Å². The van der Waals surface area contributed by atoms with E-state index in [0.717, 1.165) is 6.42 Å². The summed E-state index contributed by atoms with van der Waals surface area (Å²) < 4.78 is 0. The fourth-order valence-electron chi connectivity index (χ4n) is 3.17. The van der Waals surface area contributed by atoms with E-state index in [9.17, 15) is 24.3 Å². The van der Waals surface area contributed by atoms with Crippen molar-refractivity contribution >= 4 is 23.7 Å². The number of carboxylic acids is 1. The van der Waals surface area contributed by atoms with Crippen LogP contribution in [0.15, 0.2) is 12.5 Å². The van der Waals surface area contributed by atoms with Crippen LogP contribution in [0.5, 0.6) is 0 Å². The number of carboxylic acid groups (broad SMARTS) is 1. The Bertz CT molecular complexity index is 773. The van der Waals surface area contributed by atoms with Crippen LogP contribution < -0.4 is 33.2 Å². The van der Waals surface area contributed by atoms with Crippen molar-refractivity contribution in [2.75, 3.05) is 13.1 Å². The second-order valence-corrected chi connectivity index (χ2v) is 8.15. The molecule has 0 bridgehead atoms. The van der Waals surface area contributed by atoms with Gasteiger partial charge in [-0.2, -0.15) is 0 Å². The first-order chi connectivity index (χ1) is 16.2. The second-order valence-electron chi connectivity index (χ2n) is 8.15. The van der Waals surface area contributed by atoms with Crippen molar-refractivity contribution in [3.05, 3.63) is 18.2 Å². The number of carbonyl (C=O) groups excluding carboxylic acids is 3. The summed E-state index contributed by atoms with van der Waals surface area (Å²) in [6, 6.07) is -3.94. The number of H-pyrrole nitrogens is 1. The number of nitrogens with two attached hydrogens (primary N) is 3. The van der Waals surface area contributed by atoms with Crippen molar-refractivity contribution in [2.24, 2.45) is 17.2 Å². The molecule has 34 heavy (non-hydrogen) atoms. The zero-order valence-electron chi connectivity index (χ0n) is 19.6. The number of aromatic nitrogens is 2. The normalized spacial score (nSPS) is 14.5. The van der Waals surface area contributed by atoms with E-state index in [1.54, 1.807) is 0 Å². The molecule has 192 valence electrons. The molecule has 0 aromatic carbocycles. The lowest BCUT2D eigenvalue weighted by molar-refractivity contribution is -0.142. The molecule has 0 spiro atoms. The molecule has 1 aromatic rings. The Morgan fingerprint density at radius 1 is 0.941 bits per heavy atom. The summed E-state index contributed by atoms with van der Waals surface area (Å²) in [6.07, 6.45) is 6.30. The highest BCUT2D eigenvalue weighted by Gasteiger charge is 2.28. The number of aliphatic carboxylic acids is 1. The lowest BCUT2D eigenvalue weighted by Gasteiger charge is -2.23. The highest BCUT2D eigenvalue weighted by Crippen LogP contribution is 2.05. The largest absolute Gasteiger partial charge is 0.480 e. The maximum atomic E-state index is 12.8. The van der Waals surface area contributed by atoms with Gasteiger partial charge < -0.3 is 43.2 Å². The Hall–Kier alpha value is -3.03. The average Bonchev–Trinajstić information content (AvgIpc) is 3.30. The first-order valence-corrected chi connectivity index (χ1v) is 11.5. The summed E-state index contributed by atoms with van der Waals surface area (Å²) in [5.41, 5.74) is 17.4. The molecule has 0 aliphatic rings. The Labute approximate surface area is 199 Å². The molecule has 0 saturated carbocycles. The van der Waals surface area contributed by atoms with Gasteiger partial charge >= 0.3 is 5.97 Å². The van der Waals surface area contributed by atoms with Crippen LogP contribution in [0.25, 0.3) is 0 Å². The minimum atomic E-state index is -1.22. The molecule has 3 amide bonds. The Kier molecular flexibility index (Phi) is 13.4. The maximum Gasteiger partial charge on any atom is 0.326 e. The van der Waals surface area contributed by atoms with Gasteiger partial charge in [0, 0.05) is 18.3 Å². The maximum absolute atomic E-state index is 12.8. The topological polar surface area (TPSA) is 231 Å². The number of nitrogens with one attached hydrogen (secondary N) is 4. The van der Waals surface area contributed by atoms with Crippen LogP contribution in [0.3, 0.4) is 0 Å². The Balaban J connectivity index is 2.71. The number of rotatable bonds is 17. The van der Waals surface area contributed by atoms with E-state index in [0.29, 0.717) is 50.9 Å². The van der Waals surface area contributed by atoms with Crippen LogP contribution in [-0.2, 0) is 25.6 Å².